The van der Waals surface area contributed by atoms with Crippen molar-refractivity contribution >= 4 is 27.5 Å². The molecule has 1 aliphatic rings. The van der Waals surface area contributed by atoms with Gasteiger partial charge in [0.2, 0.25) is 0 Å². The van der Waals surface area contributed by atoms with Crippen molar-refractivity contribution in [2.75, 3.05) is 0 Å². The molecular weight excluding hydrogens is 292 g/mol. The average Bonchev–Trinajstić information content (AvgIpc) is 3.11. The molecule has 1 amide bonds. The van der Waals surface area contributed by atoms with Crippen molar-refractivity contribution in [3.05, 3.63) is 58.6 Å². The molecule has 0 saturated heterocycles. The third-order valence-electron chi connectivity index (χ3n) is 4.57. The molecule has 3 aromatic rings. The second-order valence-corrected chi connectivity index (χ2v) is 6.82. The summed E-state index contributed by atoms with van der Waals surface area (Å²) < 4.78 is 3.15. The van der Waals surface area contributed by atoms with Gasteiger partial charge in [0, 0.05) is 7.05 Å². The standard InChI is InChI=1S/C18H18N2OS/c1-20-15-9-10-22-17(15)11-16(20)18(21)19-14-8-4-6-12-5-2-3-7-13(12)14/h2-3,5,7,9-11,14H,4,6,8H2,1H3,(H,19,21). The Morgan fingerprint density at radius 3 is 3.05 bits per heavy atom. The maximum atomic E-state index is 12.7. The maximum Gasteiger partial charge on any atom is 0.268 e. The summed E-state index contributed by atoms with van der Waals surface area (Å²) in [5, 5.41) is 5.29. The minimum atomic E-state index is 0.0209. The number of carbonyl (C=O) groups is 1. The van der Waals surface area contributed by atoms with E-state index in [9.17, 15) is 4.79 Å². The zero-order chi connectivity index (χ0) is 15.1. The molecule has 0 fully saturated rings. The Balaban J connectivity index is 1.63. The largest absolute Gasteiger partial charge is 0.344 e. The van der Waals surface area contributed by atoms with Crippen molar-refractivity contribution in [1.82, 2.24) is 9.88 Å². The number of fused-ring (bicyclic) bond motifs is 2. The molecule has 2 heterocycles. The fourth-order valence-corrected chi connectivity index (χ4v) is 4.25. The number of benzene rings is 1. The van der Waals surface area contributed by atoms with Gasteiger partial charge in [-0.05, 0) is 47.9 Å². The molecule has 1 unspecified atom stereocenters. The minimum Gasteiger partial charge on any atom is -0.344 e. The number of amides is 1. The molecule has 1 aliphatic carbocycles. The van der Waals surface area contributed by atoms with E-state index in [2.05, 4.69) is 41.0 Å². The van der Waals surface area contributed by atoms with Crippen LogP contribution in [-0.4, -0.2) is 10.5 Å². The molecular formula is C18H18N2OS. The lowest BCUT2D eigenvalue weighted by atomic mass is 9.87. The summed E-state index contributed by atoms with van der Waals surface area (Å²) in [5.74, 6) is 0.0209. The van der Waals surface area contributed by atoms with Gasteiger partial charge >= 0.3 is 0 Å². The fraction of sp³-hybridized carbons (Fsp3) is 0.278. The van der Waals surface area contributed by atoms with Gasteiger partial charge in [-0.2, -0.15) is 0 Å². The van der Waals surface area contributed by atoms with Crippen LogP contribution in [-0.2, 0) is 13.5 Å². The summed E-state index contributed by atoms with van der Waals surface area (Å²) in [5.41, 5.74) is 4.51. The molecule has 3 nitrogen and oxygen atoms in total. The summed E-state index contributed by atoms with van der Waals surface area (Å²) in [6, 6.07) is 12.6. The number of rotatable bonds is 2. The second-order valence-electron chi connectivity index (χ2n) is 5.88. The molecule has 0 radical (unpaired) electrons. The van der Waals surface area contributed by atoms with E-state index < -0.39 is 0 Å². The van der Waals surface area contributed by atoms with Gasteiger partial charge in [-0.25, -0.2) is 0 Å². The first kappa shape index (κ1) is 13.6. The van der Waals surface area contributed by atoms with E-state index in [1.807, 2.05) is 17.7 Å². The fourth-order valence-electron chi connectivity index (χ4n) is 3.40. The predicted octanol–water partition coefficient (Wildman–Crippen LogP) is 4.05. The van der Waals surface area contributed by atoms with Gasteiger partial charge in [0.05, 0.1) is 16.3 Å². The second kappa shape index (κ2) is 5.29. The Morgan fingerprint density at radius 1 is 1.32 bits per heavy atom. The molecule has 4 heteroatoms. The van der Waals surface area contributed by atoms with Crippen molar-refractivity contribution in [2.45, 2.75) is 25.3 Å². The number of aromatic nitrogens is 1. The van der Waals surface area contributed by atoms with Crippen molar-refractivity contribution in [2.24, 2.45) is 7.05 Å². The van der Waals surface area contributed by atoms with Crippen LogP contribution in [0.3, 0.4) is 0 Å². The van der Waals surface area contributed by atoms with Crippen molar-refractivity contribution < 1.29 is 4.79 Å². The van der Waals surface area contributed by atoms with Gasteiger partial charge in [-0.1, -0.05) is 24.3 Å². The van der Waals surface area contributed by atoms with Crippen LogP contribution in [0, 0.1) is 0 Å². The van der Waals surface area contributed by atoms with Crippen LogP contribution in [0.25, 0.3) is 10.2 Å². The molecule has 22 heavy (non-hydrogen) atoms. The van der Waals surface area contributed by atoms with E-state index in [0.29, 0.717) is 0 Å². The third-order valence-corrected chi connectivity index (χ3v) is 5.42. The number of nitrogens with one attached hydrogen (secondary N) is 1. The predicted molar refractivity (Wildman–Crippen MR) is 90.4 cm³/mol. The zero-order valence-electron chi connectivity index (χ0n) is 12.5. The Kier molecular flexibility index (Phi) is 3.26. The highest BCUT2D eigenvalue weighted by Gasteiger charge is 2.23. The monoisotopic (exact) mass is 310 g/mol. The van der Waals surface area contributed by atoms with Crippen molar-refractivity contribution in [3.63, 3.8) is 0 Å². The highest BCUT2D eigenvalue weighted by Crippen LogP contribution is 2.30. The van der Waals surface area contributed by atoms with Crippen LogP contribution in [0.15, 0.2) is 41.8 Å². The van der Waals surface area contributed by atoms with Crippen LogP contribution in [0.1, 0.15) is 40.5 Å². The van der Waals surface area contributed by atoms with E-state index >= 15 is 0 Å². The maximum absolute atomic E-state index is 12.7. The van der Waals surface area contributed by atoms with E-state index in [-0.39, 0.29) is 11.9 Å². The van der Waals surface area contributed by atoms with E-state index in [0.717, 1.165) is 35.2 Å². The topological polar surface area (TPSA) is 34.0 Å². The van der Waals surface area contributed by atoms with E-state index in [4.69, 9.17) is 0 Å². The highest BCUT2D eigenvalue weighted by molar-refractivity contribution is 7.17. The molecule has 4 rings (SSSR count). The quantitative estimate of drug-likeness (QED) is 0.761. The van der Waals surface area contributed by atoms with Crippen LogP contribution < -0.4 is 5.32 Å². The first-order chi connectivity index (χ1) is 10.7. The molecule has 0 aliphatic heterocycles. The third kappa shape index (κ3) is 2.15. The Hall–Kier alpha value is -2.07. The minimum absolute atomic E-state index is 0.0209. The summed E-state index contributed by atoms with van der Waals surface area (Å²) in [6.07, 6.45) is 3.26. The Bertz CT molecular complexity index is 846. The first-order valence-corrected chi connectivity index (χ1v) is 8.53. The molecule has 1 atom stereocenters. The zero-order valence-corrected chi connectivity index (χ0v) is 13.3. The number of thiophene rings is 1. The van der Waals surface area contributed by atoms with Gasteiger partial charge in [0.1, 0.15) is 5.69 Å². The normalized spacial score (nSPS) is 17.4. The highest BCUT2D eigenvalue weighted by atomic mass is 32.1. The molecule has 1 N–H and O–H groups in total. The van der Waals surface area contributed by atoms with Crippen LogP contribution >= 0.6 is 11.3 Å². The number of hydrogen-bond donors (Lipinski definition) is 1. The molecule has 0 spiro atoms. The van der Waals surface area contributed by atoms with Crippen LogP contribution in [0.5, 0.6) is 0 Å². The first-order valence-electron chi connectivity index (χ1n) is 7.65. The van der Waals surface area contributed by atoms with Gasteiger partial charge < -0.3 is 9.88 Å². The number of hydrogen-bond acceptors (Lipinski definition) is 2. The molecule has 112 valence electrons. The van der Waals surface area contributed by atoms with Crippen molar-refractivity contribution in [1.29, 1.82) is 0 Å². The lowest BCUT2D eigenvalue weighted by Gasteiger charge is -2.26. The Morgan fingerprint density at radius 2 is 2.18 bits per heavy atom. The summed E-state index contributed by atoms with van der Waals surface area (Å²) in [6.45, 7) is 0. The van der Waals surface area contributed by atoms with Crippen LogP contribution in [0.4, 0.5) is 0 Å². The molecule has 1 aromatic carbocycles. The average molecular weight is 310 g/mol. The van der Waals surface area contributed by atoms with Gasteiger partial charge in [0.15, 0.2) is 0 Å². The van der Waals surface area contributed by atoms with E-state index in [1.165, 1.54) is 11.1 Å². The summed E-state index contributed by atoms with van der Waals surface area (Å²) >= 11 is 1.67. The lowest BCUT2D eigenvalue weighted by molar-refractivity contribution is 0.0925. The Labute approximate surface area is 133 Å². The molecule has 0 bridgehead atoms. The smallest absolute Gasteiger partial charge is 0.268 e. The lowest BCUT2D eigenvalue weighted by Crippen LogP contribution is -2.32. The summed E-state index contributed by atoms with van der Waals surface area (Å²) in [7, 11) is 1.96. The SMILES string of the molecule is Cn1c(C(=O)NC2CCCc3ccccc32)cc2sccc21. The molecule has 0 saturated carbocycles. The van der Waals surface area contributed by atoms with E-state index in [1.54, 1.807) is 11.3 Å². The van der Waals surface area contributed by atoms with Crippen LogP contribution in [0.2, 0.25) is 0 Å². The number of aryl methyl sites for hydroxylation is 2. The van der Waals surface area contributed by atoms with Crippen molar-refractivity contribution in [3.8, 4) is 0 Å². The summed E-state index contributed by atoms with van der Waals surface area (Å²) in [4.78, 5) is 12.7. The van der Waals surface area contributed by atoms with Gasteiger partial charge in [-0.15, -0.1) is 11.3 Å². The van der Waals surface area contributed by atoms with Gasteiger partial charge in [-0.3, -0.25) is 4.79 Å². The molecule has 2 aromatic heterocycles. The van der Waals surface area contributed by atoms with Gasteiger partial charge in [0.25, 0.3) is 5.91 Å². The number of carbonyl (C=O) groups excluding carboxylic acids is 1. The number of nitrogens with zero attached hydrogens (tertiary/aromatic N) is 1.